The number of nitro groups is 1. The van der Waals surface area contributed by atoms with Crippen LogP contribution in [-0.2, 0) is 6.54 Å². The van der Waals surface area contributed by atoms with Crippen LogP contribution in [0.2, 0.25) is 0 Å². The van der Waals surface area contributed by atoms with Gasteiger partial charge in [0.1, 0.15) is 0 Å². The second kappa shape index (κ2) is 8.72. The SMILES string of the molecule is O=[N+]([O-])c1ccc(CN2CCCC2C#Cc2ccc(-c3ccccc3)cc2)cc1. The molecule has 0 bridgehead atoms. The molecule has 1 aliphatic rings. The first-order valence-corrected chi connectivity index (χ1v) is 9.83. The predicted octanol–water partition coefficient (Wildman–Crippen LogP) is 5.28. The molecule has 3 aromatic carbocycles. The topological polar surface area (TPSA) is 46.4 Å². The van der Waals surface area contributed by atoms with E-state index >= 15 is 0 Å². The number of nitrogens with zero attached hydrogens (tertiary/aromatic N) is 2. The van der Waals surface area contributed by atoms with Crippen molar-refractivity contribution in [3.8, 4) is 23.0 Å². The summed E-state index contributed by atoms with van der Waals surface area (Å²) in [6, 6.07) is 25.7. The molecule has 1 atom stereocenters. The molecule has 4 rings (SSSR count). The summed E-state index contributed by atoms with van der Waals surface area (Å²) in [5, 5.41) is 10.8. The van der Waals surface area contributed by atoms with E-state index in [2.05, 4.69) is 53.1 Å². The maximum Gasteiger partial charge on any atom is 0.269 e. The van der Waals surface area contributed by atoms with E-state index in [1.54, 1.807) is 12.1 Å². The summed E-state index contributed by atoms with van der Waals surface area (Å²) in [4.78, 5) is 12.8. The van der Waals surface area contributed by atoms with E-state index in [0.29, 0.717) is 0 Å². The number of benzene rings is 3. The van der Waals surface area contributed by atoms with Gasteiger partial charge in [-0.1, -0.05) is 66.4 Å². The van der Waals surface area contributed by atoms with Crippen LogP contribution >= 0.6 is 0 Å². The van der Waals surface area contributed by atoms with Gasteiger partial charge in [0.05, 0.1) is 11.0 Å². The third-order valence-electron chi connectivity index (χ3n) is 5.27. The van der Waals surface area contributed by atoms with Crippen molar-refractivity contribution in [2.75, 3.05) is 6.54 Å². The minimum absolute atomic E-state index is 0.130. The van der Waals surface area contributed by atoms with E-state index < -0.39 is 0 Å². The molecular weight excluding hydrogens is 360 g/mol. The van der Waals surface area contributed by atoms with E-state index in [4.69, 9.17) is 0 Å². The Morgan fingerprint density at radius 2 is 1.62 bits per heavy atom. The average molecular weight is 382 g/mol. The molecule has 0 radical (unpaired) electrons. The van der Waals surface area contributed by atoms with Crippen molar-refractivity contribution >= 4 is 5.69 Å². The Bertz CT molecular complexity index is 1030. The van der Waals surface area contributed by atoms with Gasteiger partial charge in [-0.2, -0.15) is 0 Å². The van der Waals surface area contributed by atoms with Gasteiger partial charge in [-0.25, -0.2) is 0 Å². The maximum atomic E-state index is 10.8. The minimum atomic E-state index is -0.364. The number of hydrogen-bond acceptors (Lipinski definition) is 3. The highest BCUT2D eigenvalue weighted by Crippen LogP contribution is 2.22. The van der Waals surface area contributed by atoms with Crippen LogP contribution in [0.4, 0.5) is 5.69 Å². The third-order valence-corrected chi connectivity index (χ3v) is 5.27. The van der Waals surface area contributed by atoms with Crippen molar-refractivity contribution in [2.24, 2.45) is 0 Å². The van der Waals surface area contributed by atoms with Crippen LogP contribution < -0.4 is 0 Å². The smallest absolute Gasteiger partial charge is 0.269 e. The monoisotopic (exact) mass is 382 g/mol. The molecule has 144 valence electrons. The van der Waals surface area contributed by atoms with Crippen LogP contribution in [-0.4, -0.2) is 22.4 Å². The molecule has 0 N–H and O–H groups in total. The van der Waals surface area contributed by atoms with Crippen molar-refractivity contribution < 1.29 is 4.92 Å². The Kier molecular flexibility index (Phi) is 5.69. The molecule has 0 spiro atoms. The molecule has 1 heterocycles. The molecule has 1 aliphatic heterocycles. The normalized spacial score (nSPS) is 16.2. The van der Waals surface area contributed by atoms with Gasteiger partial charge in [-0.3, -0.25) is 15.0 Å². The molecule has 0 saturated carbocycles. The number of likely N-dealkylation sites (tertiary alicyclic amines) is 1. The molecule has 0 amide bonds. The van der Waals surface area contributed by atoms with Gasteiger partial charge in [0.25, 0.3) is 5.69 Å². The van der Waals surface area contributed by atoms with Crippen LogP contribution in [0, 0.1) is 22.0 Å². The lowest BCUT2D eigenvalue weighted by Crippen LogP contribution is -2.27. The molecule has 4 heteroatoms. The Labute approximate surface area is 171 Å². The van der Waals surface area contributed by atoms with Crippen LogP contribution in [0.1, 0.15) is 24.0 Å². The maximum absolute atomic E-state index is 10.8. The summed E-state index contributed by atoms with van der Waals surface area (Å²) in [5.74, 6) is 6.75. The minimum Gasteiger partial charge on any atom is -0.285 e. The highest BCUT2D eigenvalue weighted by molar-refractivity contribution is 5.64. The first kappa shape index (κ1) is 18.9. The zero-order valence-electron chi connectivity index (χ0n) is 16.1. The fraction of sp³-hybridized carbons (Fsp3) is 0.200. The summed E-state index contributed by atoms with van der Waals surface area (Å²) < 4.78 is 0. The largest absolute Gasteiger partial charge is 0.285 e. The lowest BCUT2D eigenvalue weighted by atomic mass is 10.0. The van der Waals surface area contributed by atoms with Crippen LogP contribution in [0.5, 0.6) is 0 Å². The second-order valence-corrected chi connectivity index (χ2v) is 7.26. The predicted molar refractivity (Wildman–Crippen MR) is 115 cm³/mol. The highest BCUT2D eigenvalue weighted by atomic mass is 16.6. The Hall–Kier alpha value is -3.42. The molecule has 0 aromatic heterocycles. The Balaban J connectivity index is 1.42. The molecule has 29 heavy (non-hydrogen) atoms. The molecule has 1 fully saturated rings. The lowest BCUT2D eigenvalue weighted by Gasteiger charge is -2.20. The van der Waals surface area contributed by atoms with Gasteiger partial charge in [-0.05, 0) is 48.2 Å². The first-order valence-electron chi connectivity index (χ1n) is 9.83. The van der Waals surface area contributed by atoms with E-state index in [1.165, 1.54) is 11.1 Å². The van der Waals surface area contributed by atoms with E-state index in [-0.39, 0.29) is 16.7 Å². The molecule has 1 unspecified atom stereocenters. The molecule has 3 aromatic rings. The van der Waals surface area contributed by atoms with Crippen molar-refractivity contribution in [3.05, 3.63) is 100 Å². The van der Waals surface area contributed by atoms with Gasteiger partial charge >= 0.3 is 0 Å². The van der Waals surface area contributed by atoms with Gasteiger partial charge in [0, 0.05) is 24.2 Å². The summed E-state index contributed by atoms with van der Waals surface area (Å²) in [7, 11) is 0. The van der Waals surface area contributed by atoms with Gasteiger partial charge < -0.3 is 0 Å². The fourth-order valence-electron chi connectivity index (χ4n) is 3.68. The summed E-state index contributed by atoms with van der Waals surface area (Å²) in [6.45, 7) is 1.77. The molecule has 0 aliphatic carbocycles. The molecule has 1 saturated heterocycles. The Morgan fingerprint density at radius 1 is 0.931 bits per heavy atom. The first-order chi connectivity index (χ1) is 14.2. The Morgan fingerprint density at radius 3 is 2.31 bits per heavy atom. The second-order valence-electron chi connectivity index (χ2n) is 7.26. The van der Waals surface area contributed by atoms with Crippen molar-refractivity contribution in [3.63, 3.8) is 0 Å². The van der Waals surface area contributed by atoms with Crippen molar-refractivity contribution in [1.29, 1.82) is 0 Å². The summed E-state index contributed by atoms with van der Waals surface area (Å²) in [5.41, 5.74) is 4.63. The number of non-ortho nitro benzene ring substituents is 1. The quantitative estimate of drug-likeness (QED) is 0.350. The molecule has 4 nitrogen and oxygen atoms in total. The van der Waals surface area contributed by atoms with Gasteiger partial charge in [0.2, 0.25) is 0 Å². The third kappa shape index (κ3) is 4.71. The average Bonchev–Trinajstić information content (AvgIpc) is 3.20. The van der Waals surface area contributed by atoms with Crippen LogP contribution in [0.25, 0.3) is 11.1 Å². The van der Waals surface area contributed by atoms with E-state index in [0.717, 1.165) is 37.1 Å². The number of hydrogen-bond donors (Lipinski definition) is 0. The van der Waals surface area contributed by atoms with Crippen LogP contribution in [0.3, 0.4) is 0 Å². The van der Waals surface area contributed by atoms with Gasteiger partial charge in [-0.15, -0.1) is 0 Å². The number of nitro benzene ring substituents is 1. The fourth-order valence-corrected chi connectivity index (χ4v) is 3.68. The summed E-state index contributed by atoms with van der Waals surface area (Å²) in [6.07, 6.45) is 2.18. The van der Waals surface area contributed by atoms with Crippen molar-refractivity contribution in [2.45, 2.75) is 25.4 Å². The number of rotatable bonds is 4. The lowest BCUT2D eigenvalue weighted by molar-refractivity contribution is -0.384. The molecular formula is C25H22N2O2. The summed E-state index contributed by atoms with van der Waals surface area (Å²) >= 11 is 0. The highest BCUT2D eigenvalue weighted by Gasteiger charge is 2.22. The van der Waals surface area contributed by atoms with Crippen LogP contribution in [0.15, 0.2) is 78.9 Å². The zero-order chi connectivity index (χ0) is 20.1. The van der Waals surface area contributed by atoms with E-state index in [1.807, 2.05) is 30.3 Å². The zero-order valence-corrected chi connectivity index (χ0v) is 16.1. The van der Waals surface area contributed by atoms with Crippen molar-refractivity contribution in [1.82, 2.24) is 4.90 Å². The van der Waals surface area contributed by atoms with Gasteiger partial charge in [0.15, 0.2) is 0 Å². The van der Waals surface area contributed by atoms with E-state index in [9.17, 15) is 10.1 Å². The standard InChI is InChI=1S/C25H22N2O2/c28-27(29)25-16-11-21(12-17-25)19-26-18-4-7-24(26)15-10-20-8-13-23(14-9-20)22-5-2-1-3-6-22/h1-3,5-6,8-9,11-14,16-17,24H,4,7,18-19H2.